The minimum Gasteiger partial charge on any atom is -0.315 e. The molecular formula is C22H25N3. The van der Waals surface area contributed by atoms with E-state index in [1.54, 1.807) is 0 Å². The van der Waals surface area contributed by atoms with Gasteiger partial charge in [0.05, 0.1) is 11.6 Å². The van der Waals surface area contributed by atoms with E-state index in [1.807, 2.05) is 6.20 Å². The van der Waals surface area contributed by atoms with Crippen molar-refractivity contribution in [2.24, 2.45) is 0 Å². The van der Waals surface area contributed by atoms with E-state index in [9.17, 15) is 0 Å². The summed E-state index contributed by atoms with van der Waals surface area (Å²) in [4.78, 5) is 7.18. The summed E-state index contributed by atoms with van der Waals surface area (Å²) in [6.45, 7) is 6.48. The summed E-state index contributed by atoms with van der Waals surface area (Å²) in [5, 5.41) is 4.78. The minimum atomic E-state index is 0.272. The average molecular weight is 331 g/mol. The SMILES string of the molecule is Cc1ccc(C(c2ccnc3ccccc23)N2CCCNCC2)cc1. The van der Waals surface area contributed by atoms with Gasteiger partial charge < -0.3 is 5.32 Å². The van der Waals surface area contributed by atoms with Crippen molar-refractivity contribution >= 4 is 10.9 Å². The van der Waals surface area contributed by atoms with Crippen LogP contribution in [0.4, 0.5) is 0 Å². The third kappa shape index (κ3) is 3.44. The van der Waals surface area contributed by atoms with E-state index in [0.717, 1.165) is 31.7 Å². The predicted molar refractivity (Wildman–Crippen MR) is 104 cm³/mol. The Labute approximate surface area is 149 Å². The minimum absolute atomic E-state index is 0.272. The number of aryl methyl sites for hydroxylation is 1. The van der Waals surface area contributed by atoms with Gasteiger partial charge >= 0.3 is 0 Å². The molecular weight excluding hydrogens is 306 g/mol. The van der Waals surface area contributed by atoms with Crippen molar-refractivity contribution in [2.45, 2.75) is 19.4 Å². The zero-order valence-corrected chi connectivity index (χ0v) is 14.8. The Kier molecular flexibility index (Phi) is 4.77. The average Bonchev–Trinajstić information content (AvgIpc) is 2.93. The van der Waals surface area contributed by atoms with Crippen molar-refractivity contribution in [2.75, 3.05) is 26.2 Å². The predicted octanol–water partition coefficient (Wildman–Crippen LogP) is 3.93. The smallest absolute Gasteiger partial charge is 0.0705 e. The van der Waals surface area contributed by atoms with E-state index in [-0.39, 0.29) is 6.04 Å². The first-order chi connectivity index (χ1) is 12.3. The maximum absolute atomic E-state index is 4.56. The van der Waals surface area contributed by atoms with Crippen molar-refractivity contribution in [3.05, 3.63) is 77.5 Å². The summed E-state index contributed by atoms with van der Waals surface area (Å²) in [6.07, 6.45) is 3.14. The highest BCUT2D eigenvalue weighted by molar-refractivity contribution is 5.82. The molecule has 4 rings (SSSR count). The monoisotopic (exact) mass is 331 g/mol. The molecule has 0 saturated carbocycles. The molecule has 1 aliphatic heterocycles. The molecule has 2 heterocycles. The van der Waals surface area contributed by atoms with Crippen LogP contribution in [0, 0.1) is 6.92 Å². The van der Waals surface area contributed by atoms with Crippen molar-refractivity contribution in [1.29, 1.82) is 0 Å². The molecule has 0 amide bonds. The number of hydrogen-bond acceptors (Lipinski definition) is 3. The number of fused-ring (bicyclic) bond motifs is 1. The van der Waals surface area contributed by atoms with Gasteiger partial charge in [0, 0.05) is 31.2 Å². The fraction of sp³-hybridized carbons (Fsp3) is 0.318. The molecule has 3 aromatic rings. The number of para-hydroxylation sites is 1. The number of nitrogens with zero attached hydrogens (tertiary/aromatic N) is 2. The van der Waals surface area contributed by atoms with E-state index >= 15 is 0 Å². The van der Waals surface area contributed by atoms with E-state index in [0.29, 0.717) is 0 Å². The highest BCUT2D eigenvalue weighted by atomic mass is 15.2. The molecule has 3 nitrogen and oxygen atoms in total. The van der Waals surface area contributed by atoms with Gasteiger partial charge in [0.15, 0.2) is 0 Å². The highest BCUT2D eigenvalue weighted by Crippen LogP contribution is 2.33. The van der Waals surface area contributed by atoms with Crippen LogP contribution in [0.3, 0.4) is 0 Å². The van der Waals surface area contributed by atoms with Crippen molar-refractivity contribution in [3.8, 4) is 0 Å². The van der Waals surface area contributed by atoms with Gasteiger partial charge in [-0.15, -0.1) is 0 Å². The maximum atomic E-state index is 4.56. The van der Waals surface area contributed by atoms with Gasteiger partial charge in [-0.3, -0.25) is 9.88 Å². The van der Waals surface area contributed by atoms with Crippen LogP contribution in [0.15, 0.2) is 60.8 Å². The molecule has 1 aliphatic rings. The Morgan fingerprint density at radius 2 is 1.80 bits per heavy atom. The van der Waals surface area contributed by atoms with Crippen LogP contribution in [-0.4, -0.2) is 36.1 Å². The Hall–Kier alpha value is -2.23. The Morgan fingerprint density at radius 1 is 0.960 bits per heavy atom. The molecule has 1 fully saturated rings. The summed E-state index contributed by atoms with van der Waals surface area (Å²) in [6, 6.07) is 20.0. The van der Waals surface area contributed by atoms with Crippen LogP contribution in [0.5, 0.6) is 0 Å². The molecule has 2 aromatic carbocycles. The van der Waals surface area contributed by atoms with Crippen LogP contribution in [-0.2, 0) is 0 Å². The quantitative estimate of drug-likeness (QED) is 0.788. The number of pyridine rings is 1. The third-order valence-electron chi connectivity index (χ3n) is 5.11. The maximum Gasteiger partial charge on any atom is 0.0705 e. The normalized spacial score (nSPS) is 17.3. The number of aromatic nitrogens is 1. The van der Waals surface area contributed by atoms with Crippen LogP contribution < -0.4 is 5.32 Å². The molecule has 128 valence electrons. The molecule has 3 heteroatoms. The second-order valence-corrected chi connectivity index (χ2v) is 6.87. The van der Waals surface area contributed by atoms with E-state index in [1.165, 1.54) is 28.5 Å². The first kappa shape index (κ1) is 16.2. The zero-order valence-electron chi connectivity index (χ0n) is 14.8. The Morgan fingerprint density at radius 3 is 2.68 bits per heavy atom. The first-order valence-electron chi connectivity index (χ1n) is 9.18. The number of benzene rings is 2. The number of hydrogen-bond donors (Lipinski definition) is 1. The fourth-order valence-corrected chi connectivity index (χ4v) is 3.82. The van der Waals surface area contributed by atoms with Gasteiger partial charge in [-0.2, -0.15) is 0 Å². The summed E-state index contributed by atoms with van der Waals surface area (Å²) >= 11 is 0. The number of rotatable bonds is 3. The summed E-state index contributed by atoms with van der Waals surface area (Å²) in [5.74, 6) is 0. The van der Waals surface area contributed by atoms with Crippen LogP contribution in [0.1, 0.15) is 29.2 Å². The second kappa shape index (κ2) is 7.34. The molecule has 1 atom stereocenters. The molecule has 25 heavy (non-hydrogen) atoms. The van der Waals surface area contributed by atoms with Gasteiger partial charge in [-0.25, -0.2) is 0 Å². The topological polar surface area (TPSA) is 28.2 Å². The molecule has 1 unspecified atom stereocenters. The van der Waals surface area contributed by atoms with Gasteiger partial charge in [-0.1, -0.05) is 48.0 Å². The molecule has 0 aliphatic carbocycles. The summed E-state index contributed by atoms with van der Waals surface area (Å²) < 4.78 is 0. The zero-order chi connectivity index (χ0) is 17.1. The lowest BCUT2D eigenvalue weighted by Crippen LogP contribution is -2.33. The third-order valence-corrected chi connectivity index (χ3v) is 5.11. The molecule has 1 saturated heterocycles. The van der Waals surface area contributed by atoms with Crippen LogP contribution >= 0.6 is 0 Å². The first-order valence-corrected chi connectivity index (χ1v) is 9.18. The van der Waals surface area contributed by atoms with E-state index < -0.39 is 0 Å². The largest absolute Gasteiger partial charge is 0.315 e. The lowest BCUT2D eigenvalue weighted by Gasteiger charge is -2.32. The van der Waals surface area contributed by atoms with Gasteiger partial charge in [-0.05, 0) is 43.1 Å². The number of nitrogens with one attached hydrogen (secondary N) is 1. The molecule has 0 radical (unpaired) electrons. The van der Waals surface area contributed by atoms with E-state index in [4.69, 9.17) is 0 Å². The Balaban J connectivity index is 1.85. The van der Waals surface area contributed by atoms with Crippen LogP contribution in [0.2, 0.25) is 0 Å². The van der Waals surface area contributed by atoms with Crippen LogP contribution in [0.25, 0.3) is 10.9 Å². The molecule has 1 N–H and O–H groups in total. The van der Waals surface area contributed by atoms with Gasteiger partial charge in [0.25, 0.3) is 0 Å². The fourth-order valence-electron chi connectivity index (χ4n) is 3.82. The molecule has 0 bridgehead atoms. The van der Waals surface area contributed by atoms with Crippen molar-refractivity contribution < 1.29 is 0 Å². The molecule has 0 spiro atoms. The van der Waals surface area contributed by atoms with E-state index in [2.05, 4.69) is 76.7 Å². The van der Waals surface area contributed by atoms with Gasteiger partial charge in [0.2, 0.25) is 0 Å². The second-order valence-electron chi connectivity index (χ2n) is 6.87. The lowest BCUT2D eigenvalue weighted by molar-refractivity contribution is 0.242. The lowest BCUT2D eigenvalue weighted by atomic mass is 9.93. The Bertz CT molecular complexity index is 828. The standard InChI is InChI=1S/C22H25N3/c1-17-7-9-18(10-8-17)22(25-15-4-12-23-14-16-25)20-11-13-24-21-6-3-2-5-19(20)21/h2-3,5-11,13,22-23H,4,12,14-16H2,1H3. The summed E-state index contributed by atoms with van der Waals surface area (Å²) in [7, 11) is 0. The summed E-state index contributed by atoms with van der Waals surface area (Å²) in [5.41, 5.74) is 5.10. The molecule has 1 aromatic heterocycles. The van der Waals surface area contributed by atoms with Crippen molar-refractivity contribution in [3.63, 3.8) is 0 Å². The van der Waals surface area contributed by atoms with Gasteiger partial charge in [0.1, 0.15) is 0 Å². The van der Waals surface area contributed by atoms with Crippen molar-refractivity contribution in [1.82, 2.24) is 15.2 Å². The highest BCUT2D eigenvalue weighted by Gasteiger charge is 2.24.